The van der Waals surface area contributed by atoms with Gasteiger partial charge in [0.2, 0.25) is 5.75 Å². The van der Waals surface area contributed by atoms with Gasteiger partial charge in [0.15, 0.2) is 11.5 Å². The highest BCUT2D eigenvalue weighted by Crippen LogP contribution is 2.39. The van der Waals surface area contributed by atoms with Crippen LogP contribution < -0.4 is 14.2 Å². The van der Waals surface area contributed by atoms with Crippen molar-refractivity contribution < 1.29 is 42.8 Å². The lowest BCUT2D eigenvalue weighted by molar-refractivity contribution is 0.0887. The van der Waals surface area contributed by atoms with E-state index in [9.17, 15) is 14.4 Å². The van der Waals surface area contributed by atoms with E-state index in [4.69, 9.17) is 14.2 Å². The first-order chi connectivity index (χ1) is 11.9. The van der Waals surface area contributed by atoms with Crippen molar-refractivity contribution in [3.8, 4) is 17.2 Å². The standard InChI is InChI=1S/C16H20O9/c1-5-20-14(17)23-11-8-10(4)9-12(24-15(18)21-6-2)13(11)25-16(19)22-7-3/h8-9H,5-7H2,1-4H3. The average molecular weight is 356 g/mol. The van der Waals surface area contributed by atoms with Crippen molar-refractivity contribution in [2.75, 3.05) is 19.8 Å². The van der Waals surface area contributed by atoms with Gasteiger partial charge < -0.3 is 28.4 Å². The molecule has 25 heavy (non-hydrogen) atoms. The van der Waals surface area contributed by atoms with Gasteiger partial charge in [0, 0.05) is 0 Å². The molecule has 0 atom stereocenters. The molecule has 0 aliphatic rings. The molecule has 0 aromatic heterocycles. The van der Waals surface area contributed by atoms with Crippen LogP contribution in [0.3, 0.4) is 0 Å². The van der Waals surface area contributed by atoms with Crippen molar-refractivity contribution in [1.82, 2.24) is 0 Å². The van der Waals surface area contributed by atoms with Gasteiger partial charge in [-0.1, -0.05) is 0 Å². The Morgan fingerprint density at radius 2 is 1.08 bits per heavy atom. The summed E-state index contributed by atoms with van der Waals surface area (Å²) >= 11 is 0. The molecule has 9 nitrogen and oxygen atoms in total. The highest BCUT2D eigenvalue weighted by molar-refractivity contribution is 5.74. The largest absolute Gasteiger partial charge is 0.514 e. The van der Waals surface area contributed by atoms with E-state index in [1.165, 1.54) is 12.1 Å². The Labute approximate surface area is 144 Å². The summed E-state index contributed by atoms with van der Waals surface area (Å²) in [6.07, 6.45) is -3.08. The van der Waals surface area contributed by atoms with E-state index < -0.39 is 18.5 Å². The van der Waals surface area contributed by atoms with E-state index in [-0.39, 0.29) is 37.1 Å². The predicted octanol–water partition coefficient (Wildman–Crippen LogP) is 3.60. The van der Waals surface area contributed by atoms with Gasteiger partial charge in [-0.2, -0.15) is 0 Å². The molecule has 9 heteroatoms. The first-order valence-corrected chi connectivity index (χ1v) is 7.59. The fourth-order valence-corrected chi connectivity index (χ4v) is 1.66. The molecule has 1 aromatic rings. The number of benzene rings is 1. The van der Waals surface area contributed by atoms with Crippen LogP contribution >= 0.6 is 0 Å². The van der Waals surface area contributed by atoms with Gasteiger partial charge in [0.1, 0.15) is 0 Å². The Morgan fingerprint density at radius 1 is 0.720 bits per heavy atom. The number of rotatable bonds is 6. The SMILES string of the molecule is CCOC(=O)Oc1cc(C)cc(OC(=O)OCC)c1OC(=O)OCC. The molecule has 0 heterocycles. The summed E-state index contributed by atoms with van der Waals surface area (Å²) < 4.78 is 29.1. The molecule has 0 spiro atoms. The van der Waals surface area contributed by atoms with Crippen LogP contribution in [0.1, 0.15) is 26.3 Å². The maximum Gasteiger partial charge on any atom is 0.514 e. The van der Waals surface area contributed by atoms with Crippen LogP contribution in [0.25, 0.3) is 0 Å². The van der Waals surface area contributed by atoms with Crippen LogP contribution in [0.5, 0.6) is 17.2 Å². The van der Waals surface area contributed by atoms with Crippen molar-refractivity contribution >= 4 is 18.5 Å². The van der Waals surface area contributed by atoms with Gasteiger partial charge in [-0.25, -0.2) is 14.4 Å². The molecule has 0 bridgehead atoms. The normalized spacial score (nSPS) is 9.76. The Kier molecular flexibility index (Phi) is 8.04. The average Bonchev–Trinajstić information content (AvgIpc) is 2.51. The Morgan fingerprint density at radius 3 is 1.44 bits per heavy atom. The maximum absolute atomic E-state index is 11.6. The van der Waals surface area contributed by atoms with Crippen LogP contribution in [-0.2, 0) is 14.2 Å². The minimum absolute atomic E-state index is 0.0623. The fourth-order valence-electron chi connectivity index (χ4n) is 1.66. The lowest BCUT2D eigenvalue weighted by Crippen LogP contribution is -2.16. The third-order valence-corrected chi connectivity index (χ3v) is 2.52. The zero-order chi connectivity index (χ0) is 18.8. The van der Waals surface area contributed by atoms with Crippen molar-refractivity contribution in [2.24, 2.45) is 0 Å². The molecule has 0 saturated carbocycles. The second kappa shape index (κ2) is 10.0. The molecule has 0 amide bonds. The molecule has 1 rings (SSSR count). The molecule has 138 valence electrons. The van der Waals surface area contributed by atoms with E-state index in [0.717, 1.165) is 0 Å². The van der Waals surface area contributed by atoms with E-state index >= 15 is 0 Å². The second-order valence-corrected chi connectivity index (χ2v) is 4.45. The monoisotopic (exact) mass is 356 g/mol. The van der Waals surface area contributed by atoms with E-state index in [2.05, 4.69) is 14.2 Å². The molecular formula is C16H20O9. The number of hydrogen-bond acceptors (Lipinski definition) is 9. The van der Waals surface area contributed by atoms with Crippen molar-refractivity contribution in [3.05, 3.63) is 17.7 Å². The molecular weight excluding hydrogens is 336 g/mol. The molecule has 0 saturated heterocycles. The van der Waals surface area contributed by atoms with Crippen LogP contribution in [0.15, 0.2) is 12.1 Å². The van der Waals surface area contributed by atoms with Gasteiger partial charge in [-0.15, -0.1) is 0 Å². The number of carbonyl (C=O) groups excluding carboxylic acids is 3. The number of hydrogen-bond donors (Lipinski definition) is 0. The topological polar surface area (TPSA) is 107 Å². The van der Waals surface area contributed by atoms with Crippen LogP contribution in [0.2, 0.25) is 0 Å². The number of carbonyl (C=O) groups is 3. The van der Waals surface area contributed by atoms with Crippen molar-refractivity contribution in [1.29, 1.82) is 0 Å². The van der Waals surface area contributed by atoms with Crippen molar-refractivity contribution in [2.45, 2.75) is 27.7 Å². The van der Waals surface area contributed by atoms with Crippen LogP contribution in [0.4, 0.5) is 14.4 Å². The minimum atomic E-state index is -1.06. The van der Waals surface area contributed by atoms with Crippen molar-refractivity contribution in [3.63, 3.8) is 0 Å². The highest BCUT2D eigenvalue weighted by atomic mass is 16.8. The molecule has 0 fully saturated rings. The lowest BCUT2D eigenvalue weighted by Gasteiger charge is -2.14. The first-order valence-electron chi connectivity index (χ1n) is 7.59. The molecule has 0 aliphatic carbocycles. The predicted molar refractivity (Wildman–Crippen MR) is 84.1 cm³/mol. The summed E-state index contributed by atoms with van der Waals surface area (Å²) in [6, 6.07) is 2.81. The molecule has 0 aliphatic heterocycles. The third kappa shape index (κ3) is 6.58. The maximum atomic E-state index is 11.6. The Balaban J connectivity index is 3.22. The minimum Gasteiger partial charge on any atom is -0.434 e. The zero-order valence-corrected chi connectivity index (χ0v) is 14.5. The zero-order valence-electron chi connectivity index (χ0n) is 14.5. The summed E-state index contributed by atoms with van der Waals surface area (Å²) in [5.41, 5.74) is 0.565. The summed E-state index contributed by atoms with van der Waals surface area (Å²) in [5, 5.41) is 0. The molecule has 1 aromatic carbocycles. The summed E-state index contributed by atoms with van der Waals surface area (Å²) in [5.74, 6) is -0.665. The van der Waals surface area contributed by atoms with E-state index in [1.807, 2.05) is 0 Å². The van der Waals surface area contributed by atoms with Crippen LogP contribution in [0, 0.1) is 6.92 Å². The smallest absolute Gasteiger partial charge is 0.434 e. The first kappa shape index (κ1) is 20.1. The summed E-state index contributed by atoms with van der Waals surface area (Å²) in [6.45, 7) is 6.68. The Bertz CT molecular complexity index is 583. The van der Waals surface area contributed by atoms with Gasteiger partial charge >= 0.3 is 18.5 Å². The second-order valence-electron chi connectivity index (χ2n) is 4.45. The number of aryl methyl sites for hydroxylation is 1. The highest BCUT2D eigenvalue weighted by Gasteiger charge is 2.23. The van der Waals surface area contributed by atoms with E-state index in [1.54, 1.807) is 27.7 Å². The lowest BCUT2D eigenvalue weighted by atomic mass is 10.2. The van der Waals surface area contributed by atoms with Crippen LogP contribution in [-0.4, -0.2) is 38.3 Å². The Hall–Kier alpha value is -2.97. The van der Waals surface area contributed by atoms with Gasteiger partial charge in [0.05, 0.1) is 19.8 Å². The molecule has 0 radical (unpaired) electrons. The van der Waals surface area contributed by atoms with E-state index in [0.29, 0.717) is 5.56 Å². The fraction of sp³-hybridized carbons (Fsp3) is 0.438. The van der Waals surface area contributed by atoms with Gasteiger partial charge in [-0.05, 0) is 45.4 Å². The third-order valence-electron chi connectivity index (χ3n) is 2.52. The van der Waals surface area contributed by atoms with Gasteiger partial charge in [0.25, 0.3) is 0 Å². The molecule has 0 unspecified atom stereocenters. The quantitative estimate of drug-likeness (QED) is 0.429. The number of ether oxygens (including phenoxy) is 6. The van der Waals surface area contributed by atoms with Gasteiger partial charge in [-0.3, -0.25) is 0 Å². The summed E-state index contributed by atoms with van der Waals surface area (Å²) in [7, 11) is 0. The summed E-state index contributed by atoms with van der Waals surface area (Å²) in [4.78, 5) is 34.8. The molecule has 0 N–H and O–H groups in total.